The summed E-state index contributed by atoms with van der Waals surface area (Å²) in [5.41, 5.74) is -0.0812. The second-order valence-corrected chi connectivity index (χ2v) is 5.52. The molecule has 0 spiro atoms. The average molecular weight is 338 g/mol. The molecule has 0 aliphatic heterocycles. The summed E-state index contributed by atoms with van der Waals surface area (Å²) < 4.78 is 38.2. The molecular weight excluding hydrogens is 318 g/mol. The van der Waals surface area contributed by atoms with Crippen molar-refractivity contribution in [2.24, 2.45) is 0 Å². The van der Waals surface area contributed by atoms with Crippen LogP contribution in [0.25, 0.3) is 0 Å². The van der Waals surface area contributed by atoms with E-state index in [2.05, 4.69) is 5.32 Å². The van der Waals surface area contributed by atoms with Gasteiger partial charge in [0.15, 0.2) is 5.76 Å². The SMILES string of the molecule is COCc1ccc(C(=O)NC[C@@H](c2c(F)cccc2F)N(C)C)o1. The lowest BCUT2D eigenvalue weighted by molar-refractivity contribution is 0.0904. The van der Waals surface area contributed by atoms with E-state index in [-0.39, 0.29) is 24.5 Å². The molecule has 0 fully saturated rings. The van der Waals surface area contributed by atoms with Crippen LogP contribution in [-0.4, -0.2) is 38.6 Å². The van der Waals surface area contributed by atoms with Crippen LogP contribution in [0, 0.1) is 11.6 Å². The number of halogens is 2. The number of carbonyl (C=O) groups excluding carboxylic acids is 1. The standard InChI is InChI=1S/C17H20F2N2O3/c1-21(2)14(16-12(18)5-4-6-13(16)19)9-20-17(22)15-8-7-11(24-15)10-23-3/h4-8,14H,9-10H2,1-3H3,(H,20,22)/t14-/m0/s1. The van der Waals surface area contributed by atoms with Crippen molar-refractivity contribution in [1.82, 2.24) is 10.2 Å². The van der Waals surface area contributed by atoms with Crippen molar-refractivity contribution in [2.75, 3.05) is 27.7 Å². The molecule has 0 saturated carbocycles. The van der Waals surface area contributed by atoms with Gasteiger partial charge in [-0.2, -0.15) is 0 Å². The van der Waals surface area contributed by atoms with Gasteiger partial charge in [-0.3, -0.25) is 4.79 Å². The summed E-state index contributed by atoms with van der Waals surface area (Å²) in [6.45, 7) is 0.290. The van der Waals surface area contributed by atoms with Gasteiger partial charge in [-0.15, -0.1) is 0 Å². The zero-order valence-corrected chi connectivity index (χ0v) is 13.8. The topological polar surface area (TPSA) is 54.7 Å². The summed E-state index contributed by atoms with van der Waals surface area (Å²) in [4.78, 5) is 13.8. The van der Waals surface area contributed by atoms with E-state index < -0.39 is 23.6 Å². The maximum absolute atomic E-state index is 14.0. The quantitative estimate of drug-likeness (QED) is 0.843. The van der Waals surface area contributed by atoms with E-state index in [4.69, 9.17) is 9.15 Å². The molecule has 0 radical (unpaired) electrons. The number of likely N-dealkylation sites (N-methyl/N-ethyl adjacent to an activating group) is 1. The molecule has 0 aliphatic rings. The number of rotatable bonds is 7. The van der Waals surface area contributed by atoms with Crippen LogP contribution in [-0.2, 0) is 11.3 Å². The van der Waals surface area contributed by atoms with Crippen molar-refractivity contribution in [3.05, 3.63) is 59.1 Å². The molecule has 7 heteroatoms. The van der Waals surface area contributed by atoms with E-state index in [1.165, 1.54) is 31.4 Å². The summed E-state index contributed by atoms with van der Waals surface area (Å²) in [7, 11) is 4.89. The molecule has 2 aromatic rings. The van der Waals surface area contributed by atoms with Crippen molar-refractivity contribution in [2.45, 2.75) is 12.6 Å². The average Bonchev–Trinajstić information content (AvgIpc) is 2.98. The molecule has 1 aromatic carbocycles. The van der Waals surface area contributed by atoms with Crippen molar-refractivity contribution in [3.63, 3.8) is 0 Å². The zero-order valence-electron chi connectivity index (χ0n) is 13.8. The molecule has 2 rings (SSSR count). The van der Waals surface area contributed by atoms with Crippen LogP contribution >= 0.6 is 0 Å². The van der Waals surface area contributed by atoms with Gasteiger partial charge in [0.1, 0.15) is 24.0 Å². The number of nitrogens with one attached hydrogen (secondary N) is 1. The number of hydrogen-bond acceptors (Lipinski definition) is 4. The molecule has 0 saturated heterocycles. The number of carbonyl (C=O) groups is 1. The van der Waals surface area contributed by atoms with Crippen LogP contribution in [0.3, 0.4) is 0 Å². The minimum Gasteiger partial charge on any atom is -0.453 e. The van der Waals surface area contributed by atoms with Gasteiger partial charge in [0.25, 0.3) is 5.91 Å². The summed E-state index contributed by atoms with van der Waals surface area (Å²) in [5.74, 6) is -1.12. The number of furan rings is 1. The fraction of sp³-hybridized carbons (Fsp3) is 0.353. The van der Waals surface area contributed by atoms with E-state index in [0.717, 1.165) is 0 Å². The highest BCUT2D eigenvalue weighted by atomic mass is 19.1. The molecule has 5 nitrogen and oxygen atoms in total. The van der Waals surface area contributed by atoms with Crippen LogP contribution < -0.4 is 5.32 Å². The fourth-order valence-electron chi connectivity index (χ4n) is 2.37. The first-order chi connectivity index (χ1) is 11.4. The molecule has 130 valence electrons. The first kappa shape index (κ1) is 18.1. The van der Waals surface area contributed by atoms with Crippen LogP contribution in [0.2, 0.25) is 0 Å². The number of nitrogens with zero attached hydrogens (tertiary/aromatic N) is 1. The summed E-state index contributed by atoms with van der Waals surface area (Å²) in [5, 5.41) is 2.64. The first-order valence-electron chi connectivity index (χ1n) is 7.40. The maximum Gasteiger partial charge on any atom is 0.287 e. The summed E-state index contributed by atoms with van der Waals surface area (Å²) in [6.07, 6.45) is 0. The normalized spacial score (nSPS) is 12.4. The van der Waals surface area contributed by atoms with Crippen LogP contribution in [0.15, 0.2) is 34.7 Å². The summed E-state index contributed by atoms with van der Waals surface area (Å²) >= 11 is 0. The highest BCUT2D eigenvalue weighted by molar-refractivity contribution is 5.91. The van der Waals surface area contributed by atoms with E-state index in [1.54, 1.807) is 25.1 Å². The van der Waals surface area contributed by atoms with Gasteiger partial charge in [-0.1, -0.05) is 6.07 Å². The van der Waals surface area contributed by atoms with Gasteiger partial charge >= 0.3 is 0 Å². The lowest BCUT2D eigenvalue weighted by Crippen LogP contribution is -2.35. The van der Waals surface area contributed by atoms with Crippen molar-refractivity contribution in [3.8, 4) is 0 Å². The second-order valence-electron chi connectivity index (χ2n) is 5.52. The predicted molar refractivity (Wildman–Crippen MR) is 84.5 cm³/mol. The molecule has 1 heterocycles. The van der Waals surface area contributed by atoms with Crippen LogP contribution in [0.4, 0.5) is 8.78 Å². The predicted octanol–water partition coefficient (Wildman–Crippen LogP) is 2.74. The van der Waals surface area contributed by atoms with E-state index in [0.29, 0.717) is 5.76 Å². The lowest BCUT2D eigenvalue weighted by Gasteiger charge is -2.25. The minimum atomic E-state index is -0.650. The van der Waals surface area contributed by atoms with Crippen LogP contribution in [0.5, 0.6) is 0 Å². The summed E-state index contributed by atoms with van der Waals surface area (Å²) in [6, 6.07) is 6.21. The molecule has 1 amide bonds. The highest BCUT2D eigenvalue weighted by Gasteiger charge is 2.23. The smallest absolute Gasteiger partial charge is 0.287 e. The third-order valence-electron chi connectivity index (χ3n) is 3.58. The molecule has 0 bridgehead atoms. The fourth-order valence-corrected chi connectivity index (χ4v) is 2.37. The van der Waals surface area contributed by atoms with E-state index >= 15 is 0 Å². The van der Waals surface area contributed by atoms with Crippen LogP contribution in [0.1, 0.15) is 27.9 Å². The second kappa shape index (κ2) is 8.03. The van der Waals surface area contributed by atoms with Gasteiger partial charge in [-0.25, -0.2) is 8.78 Å². The molecule has 0 aliphatic carbocycles. The third kappa shape index (κ3) is 4.18. The number of benzene rings is 1. The number of ether oxygens (including phenoxy) is 1. The molecule has 1 aromatic heterocycles. The number of methoxy groups -OCH3 is 1. The van der Waals surface area contributed by atoms with E-state index in [1.807, 2.05) is 0 Å². The highest BCUT2D eigenvalue weighted by Crippen LogP contribution is 2.24. The third-order valence-corrected chi connectivity index (χ3v) is 3.58. The number of amides is 1. The maximum atomic E-state index is 14.0. The largest absolute Gasteiger partial charge is 0.453 e. The van der Waals surface area contributed by atoms with Gasteiger partial charge in [0.2, 0.25) is 0 Å². The van der Waals surface area contributed by atoms with E-state index in [9.17, 15) is 13.6 Å². The van der Waals surface area contributed by atoms with Gasteiger partial charge in [0.05, 0.1) is 6.04 Å². The van der Waals surface area contributed by atoms with Crippen molar-refractivity contribution in [1.29, 1.82) is 0 Å². The Bertz CT molecular complexity index is 681. The van der Waals surface area contributed by atoms with Gasteiger partial charge < -0.3 is 19.4 Å². The molecule has 1 atom stereocenters. The Balaban J connectivity index is 2.10. The molecule has 1 N–H and O–H groups in total. The molecular formula is C17H20F2N2O3. The Kier molecular flexibility index (Phi) is 6.05. The molecule has 0 unspecified atom stereocenters. The first-order valence-corrected chi connectivity index (χ1v) is 7.40. The van der Waals surface area contributed by atoms with Crippen molar-refractivity contribution < 1.29 is 22.7 Å². The lowest BCUT2D eigenvalue weighted by atomic mass is 10.0. The minimum absolute atomic E-state index is 0.0317. The van der Waals surface area contributed by atoms with Crippen molar-refractivity contribution >= 4 is 5.91 Å². The van der Waals surface area contributed by atoms with Gasteiger partial charge in [0, 0.05) is 19.2 Å². The Labute approximate surface area is 139 Å². The van der Waals surface area contributed by atoms with Gasteiger partial charge in [-0.05, 0) is 38.4 Å². The Morgan fingerprint density at radius 3 is 2.50 bits per heavy atom. The monoisotopic (exact) mass is 338 g/mol. The number of hydrogen-bond donors (Lipinski definition) is 1. The molecule has 24 heavy (non-hydrogen) atoms. The Morgan fingerprint density at radius 1 is 1.25 bits per heavy atom. The zero-order chi connectivity index (χ0) is 17.7. The Morgan fingerprint density at radius 2 is 1.92 bits per heavy atom. The Hall–Kier alpha value is -2.25.